The molecule has 0 bridgehead atoms. The van der Waals surface area contributed by atoms with Gasteiger partial charge in [-0.25, -0.2) is 0 Å². The van der Waals surface area contributed by atoms with Crippen molar-refractivity contribution in [3.05, 3.63) is 0 Å². The molecule has 7 nitrogen and oxygen atoms in total. The van der Waals surface area contributed by atoms with Crippen LogP contribution in [0.15, 0.2) is 4.99 Å². The normalized spacial score (nSPS) is 25.0. The number of halogens is 1. The molecule has 1 amide bonds. The molecular formula is C16H29IN4O3. The van der Waals surface area contributed by atoms with Crippen molar-refractivity contribution >= 4 is 41.8 Å². The molecule has 2 heterocycles. The summed E-state index contributed by atoms with van der Waals surface area (Å²) in [6.45, 7) is 7.51. The summed E-state index contributed by atoms with van der Waals surface area (Å²) in [6, 6.07) is 0. The fraction of sp³-hybridized carbons (Fsp3) is 0.812. The third-order valence-corrected chi connectivity index (χ3v) is 4.61. The van der Waals surface area contributed by atoms with Gasteiger partial charge in [-0.3, -0.25) is 14.6 Å². The zero-order valence-corrected chi connectivity index (χ0v) is 17.1. The number of carbonyl (C=O) groups is 2. The molecule has 2 saturated heterocycles. The van der Waals surface area contributed by atoms with Crippen molar-refractivity contribution < 1.29 is 14.3 Å². The molecular weight excluding hydrogens is 423 g/mol. The molecule has 2 atom stereocenters. The van der Waals surface area contributed by atoms with Gasteiger partial charge in [0, 0.05) is 38.0 Å². The number of guanidine groups is 1. The first-order valence-corrected chi connectivity index (χ1v) is 8.37. The average molecular weight is 452 g/mol. The Labute approximate surface area is 161 Å². The van der Waals surface area contributed by atoms with Crippen LogP contribution in [-0.2, 0) is 14.3 Å². The van der Waals surface area contributed by atoms with Crippen molar-refractivity contribution in [1.29, 1.82) is 0 Å². The molecule has 2 N–H and O–H groups in total. The van der Waals surface area contributed by atoms with Crippen molar-refractivity contribution in [2.24, 2.45) is 16.3 Å². The van der Waals surface area contributed by atoms with E-state index in [0.29, 0.717) is 13.0 Å². The molecule has 2 rings (SSSR count). The Morgan fingerprint density at radius 2 is 2.29 bits per heavy atom. The summed E-state index contributed by atoms with van der Waals surface area (Å²) < 4.78 is 4.75. The van der Waals surface area contributed by atoms with E-state index in [1.807, 2.05) is 13.8 Å². The zero-order valence-electron chi connectivity index (χ0n) is 14.8. The van der Waals surface area contributed by atoms with Gasteiger partial charge >= 0.3 is 5.97 Å². The molecule has 138 valence electrons. The van der Waals surface area contributed by atoms with E-state index in [0.717, 1.165) is 45.0 Å². The number of hydrogen-bond acceptors (Lipinski definition) is 4. The van der Waals surface area contributed by atoms with Crippen molar-refractivity contribution in [3.63, 3.8) is 0 Å². The van der Waals surface area contributed by atoms with Crippen LogP contribution < -0.4 is 10.6 Å². The number of nitrogens with zero attached hydrogens (tertiary/aromatic N) is 2. The number of hydrogen-bond donors (Lipinski definition) is 2. The topological polar surface area (TPSA) is 83.0 Å². The highest BCUT2D eigenvalue weighted by atomic mass is 127. The molecule has 24 heavy (non-hydrogen) atoms. The largest absolute Gasteiger partial charge is 0.469 e. The van der Waals surface area contributed by atoms with Crippen LogP contribution in [0.5, 0.6) is 0 Å². The van der Waals surface area contributed by atoms with E-state index in [9.17, 15) is 9.59 Å². The average Bonchev–Trinajstić information content (AvgIpc) is 2.90. The van der Waals surface area contributed by atoms with Gasteiger partial charge in [-0.1, -0.05) is 6.92 Å². The fourth-order valence-corrected chi connectivity index (χ4v) is 3.35. The first kappa shape index (κ1) is 21.0. The molecule has 0 aromatic rings. The lowest BCUT2D eigenvalue weighted by molar-refractivity contribution is -0.144. The molecule has 0 aromatic heterocycles. The Hall–Kier alpha value is -1.06. The highest BCUT2D eigenvalue weighted by molar-refractivity contribution is 14.0. The summed E-state index contributed by atoms with van der Waals surface area (Å²) in [5, 5.41) is 6.26. The lowest BCUT2D eigenvalue weighted by Crippen LogP contribution is -2.51. The molecule has 2 unspecified atom stereocenters. The van der Waals surface area contributed by atoms with E-state index < -0.39 is 0 Å². The van der Waals surface area contributed by atoms with E-state index in [1.165, 1.54) is 7.11 Å². The number of amides is 1. The second kappa shape index (κ2) is 9.43. The lowest BCUT2D eigenvalue weighted by Gasteiger charge is -2.40. The molecule has 2 aliphatic rings. The van der Waals surface area contributed by atoms with Gasteiger partial charge in [-0.2, -0.15) is 0 Å². The Bertz CT molecular complexity index is 486. The minimum Gasteiger partial charge on any atom is -0.469 e. The predicted molar refractivity (Wildman–Crippen MR) is 103 cm³/mol. The van der Waals surface area contributed by atoms with Crippen LogP contribution >= 0.6 is 24.0 Å². The molecule has 0 aliphatic carbocycles. The molecule has 0 radical (unpaired) electrons. The predicted octanol–water partition coefficient (Wildman–Crippen LogP) is 0.981. The number of methoxy groups -OCH3 is 1. The van der Waals surface area contributed by atoms with Gasteiger partial charge in [0.2, 0.25) is 5.91 Å². The van der Waals surface area contributed by atoms with E-state index in [4.69, 9.17) is 4.74 Å². The summed E-state index contributed by atoms with van der Waals surface area (Å²) >= 11 is 0. The van der Waals surface area contributed by atoms with Crippen molar-refractivity contribution in [2.45, 2.75) is 33.1 Å². The number of likely N-dealkylation sites (tertiary alicyclic amines) is 1. The van der Waals surface area contributed by atoms with Crippen molar-refractivity contribution in [1.82, 2.24) is 15.5 Å². The Kier molecular flexibility index (Phi) is 8.24. The van der Waals surface area contributed by atoms with E-state index in [1.54, 1.807) is 0 Å². The third kappa shape index (κ3) is 5.22. The Morgan fingerprint density at radius 3 is 2.88 bits per heavy atom. The number of rotatable bonds is 4. The Balaban J connectivity index is 0.00000288. The highest BCUT2D eigenvalue weighted by Gasteiger charge is 2.42. The van der Waals surface area contributed by atoms with Crippen LogP contribution in [0.25, 0.3) is 0 Å². The van der Waals surface area contributed by atoms with E-state index in [2.05, 4.69) is 20.5 Å². The summed E-state index contributed by atoms with van der Waals surface area (Å²) in [5.74, 6) is 0.460. The first-order chi connectivity index (χ1) is 11.0. The molecule has 0 saturated carbocycles. The van der Waals surface area contributed by atoms with Gasteiger partial charge in [0.25, 0.3) is 0 Å². The minimum atomic E-state index is -0.262. The number of esters is 1. The number of aliphatic imine (C=N–C) groups is 1. The summed E-state index contributed by atoms with van der Waals surface area (Å²) in [5.41, 5.74) is 0.0273. The maximum Gasteiger partial charge on any atom is 0.310 e. The highest BCUT2D eigenvalue weighted by Crippen LogP contribution is 2.35. The third-order valence-electron chi connectivity index (χ3n) is 4.61. The molecule has 0 aromatic carbocycles. The maximum absolute atomic E-state index is 11.6. The van der Waals surface area contributed by atoms with Gasteiger partial charge in [0.1, 0.15) is 0 Å². The van der Waals surface area contributed by atoms with Crippen LogP contribution in [0.2, 0.25) is 0 Å². The molecule has 2 fully saturated rings. The van der Waals surface area contributed by atoms with Gasteiger partial charge in [0.05, 0.1) is 19.6 Å². The van der Waals surface area contributed by atoms with Crippen molar-refractivity contribution in [2.75, 3.05) is 39.8 Å². The number of piperidine rings is 1. The maximum atomic E-state index is 11.6. The number of ether oxygens (including phenoxy) is 1. The van der Waals surface area contributed by atoms with Gasteiger partial charge < -0.3 is 20.3 Å². The van der Waals surface area contributed by atoms with Crippen LogP contribution in [0.1, 0.15) is 33.1 Å². The first-order valence-electron chi connectivity index (χ1n) is 8.37. The quantitative estimate of drug-likeness (QED) is 0.288. The van der Waals surface area contributed by atoms with Gasteiger partial charge in [-0.15, -0.1) is 24.0 Å². The molecule has 2 aliphatic heterocycles. The fourth-order valence-electron chi connectivity index (χ4n) is 3.35. The van der Waals surface area contributed by atoms with E-state index in [-0.39, 0.29) is 47.2 Å². The van der Waals surface area contributed by atoms with Crippen LogP contribution in [0.4, 0.5) is 0 Å². The smallest absolute Gasteiger partial charge is 0.310 e. The second-order valence-electron chi connectivity index (χ2n) is 6.60. The minimum absolute atomic E-state index is 0. The summed E-state index contributed by atoms with van der Waals surface area (Å²) in [6.07, 6.45) is 2.72. The Morgan fingerprint density at radius 1 is 1.54 bits per heavy atom. The summed E-state index contributed by atoms with van der Waals surface area (Å²) in [7, 11) is 1.40. The summed E-state index contributed by atoms with van der Waals surface area (Å²) in [4.78, 5) is 30.0. The van der Waals surface area contributed by atoms with E-state index >= 15 is 0 Å². The second-order valence-corrected chi connectivity index (χ2v) is 6.60. The van der Waals surface area contributed by atoms with Crippen LogP contribution in [0.3, 0.4) is 0 Å². The lowest BCUT2D eigenvalue weighted by atomic mass is 9.79. The standard InChI is InChI=1S/C16H28N4O3.HI/c1-4-17-15(18-9-12(2)14(22)23-3)20-7-5-6-16(11-20)8-13(21)19-10-16;/h12H,4-11H2,1-3H3,(H,17,18)(H,19,21);1H. The monoisotopic (exact) mass is 452 g/mol. The zero-order chi connectivity index (χ0) is 16.9. The number of carbonyl (C=O) groups excluding carboxylic acids is 2. The SMILES string of the molecule is CCNC(=NCC(C)C(=O)OC)N1CCCC2(CNC(=O)C2)C1.I. The molecule has 8 heteroatoms. The van der Waals surface area contributed by atoms with Gasteiger partial charge in [0.15, 0.2) is 5.96 Å². The number of nitrogens with one attached hydrogen (secondary N) is 2. The van der Waals surface area contributed by atoms with Gasteiger partial charge in [-0.05, 0) is 19.8 Å². The van der Waals surface area contributed by atoms with Crippen LogP contribution in [-0.4, -0.2) is 62.6 Å². The molecule has 1 spiro atoms. The van der Waals surface area contributed by atoms with Crippen LogP contribution in [0, 0.1) is 11.3 Å². The van der Waals surface area contributed by atoms with Crippen molar-refractivity contribution in [3.8, 4) is 0 Å².